The second-order valence-electron chi connectivity index (χ2n) is 5.65. The highest BCUT2D eigenvalue weighted by Crippen LogP contribution is 2.28. The number of nitrogens with zero attached hydrogens (tertiary/aromatic N) is 4. The number of aromatic nitrogens is 4. The molecule has 6 nitrogen and oxygen atoms in total. The zero-order valence-electron chi connectivity index (χ0n) is 12.5. The molecule has 1 aromatic carbocycles. The first-order valence-electron chi connectivity index (χ1n) is 7.72. The maximum Gasteiger partial charge on any atom is 0.182 e. The number of imidazole rings is 1. The first-order valence-corrected chi connectivity index (χ1v) is 7.72. The fourth-order valence-electron chi connectivity index (χ4n) is 3.13. The molecule has 1 atom stereocenters. The molecule has 3 aromatic rings. The van der Waals surface area contributed by atoms with Gasteiger partial charge in [-0.2, -0.15) is 0 Å². The smallest absolute Gasteiger partial charge is 0.182 e. The second-order valence-corrected chi connectivity index (χ2v) is 5.65. The Morgan fingerprint density at radius 2 is 2.17 bits per heavy atom. The third-order valence-corrected chi connectivity index (χ3v) is 4.25. The van der Waals surface area contributed by atoms with E-state index in [4.69, 9.17) is 0 Å². The van der Waals surface area contributed by atoms with E-state index in [-0.39, 0.29) is 11.9 Å². The molecule has 0 amide bonds. The monoisotopic (exact) mass is 312 g/mol. The average Bonchev–Trinajstić information content (AvgIpc) is 3.22. The minimum atomic E-state index is -0.227. The van der Waals surface area contributed by atoms with Gasteiger partial charge in [0.05, 0.1) is 12.0 Å². The largest absolute Gasteiger partial charge is 0.381 e. The van der Waals surface area contributed by atoms with Gasteiger partial charge in [0, 0.05) is 19.1 Å². The molecule has 3 heterocycles. The number of hydrogen-bond acceptors (Lipinski definition) is 5. The number of aromatic amines is 1. The maximum absolute atomic E-state index is 13.7. The van der Waals surface area contributed by atoms with Gasteiger partial charge in [-0.1, -0.05) is 12.1 Å². The van der Waals surface area contributed by atoms with Gasteiger partial charge in [0.15, 0.2) is 11.5 Å². The number of para-hydroxylation sites is 1. The van der Waals surface area contributed by atoms with Gasteiger partial charge in [-0.15, -0.1) is 0 Å². The van der Waals surface area contributed by atoms with Gasteiger partial charge in [0.1, 0.15) is 17.7 Å². The van der Waals surface area contributed by atoms with Crippen LogP contribution in [0.15, 0.2) is 36.9 Å². The molecule has 2 aromatic heterocycles. The van der Waals surface area contributed by atoms with E-state index in [1.54, 1.807) is 18.5 Å². The van der Waals surface area contributed by atoms with Crippen molar-refractivity contribution >= 4 is 22.7 Å². The Morgan fingerprint density at radius 1 is 1.26 bits per heavy atom. The fourth-order valence-corrected chi connectivity index (χ4v) is 3.13. The third-order valence-electron chi connectivity index (χ3n) is 4.25. The first kappa shape index (κ1) is 13.9. The lowest BCUT2D eigenvalue weighted by Gasteiger charge is -2.26. The quantitative estimate of drug-likeness (QED) is 0.775. The van der Waals surface area contributed by atoms with E-state index in [1.165, 1.54) is 12.4 Å². The highest BCUT2D eigenvalue weighted by atomic mass is 19.1. The summed E-state index contributed by atoms with van der Waals surface area (Å²) in [6.45, 7) is 1.59. The molecule has 0 unspecified atom stereocenters. The molecule has 1 fully saturated rings. The summed E-state index contributed by atoms with van der Waals surface area (Å²) >= 11 is 0. The molecule has 7 heteroatoms. The summed E-state index contributed by atoms with van der Waals surface area (Å²) in [5.74, 6) is 0.639. The van der Waals surface area contributed by atoms with Crippen LogP contribution in [0.3, 0.4) is 0 Å². The molecule has 0 bridgehead atoms. The molecule has 0 radical (unpaired) electrons. The predicted octanol–water partition coefficient (Wildman–Crippen LogP) is 2.57. The molecular formula is C16H17FN6. The average molecular weight is 312 g/mol. The summed E-state index contributed by atoms with van der Waals surface area (Å²) in [6, 6.07) is 7.00. The van der Waals surface area contributed by atoms with Gasteiger partial charge in [-0.05, 0) is 25.0 Å². The number of hydrogen-bond donors (Lipinski definition) is 2. The van der Waals surface area contributed by atoms with Crippen LogP contribution in [0, 0.1) is 5.82 Å². The Hall–Kier alpha value is -2.70. The molecule has 23 heavy (non-hydrogen) atoms. The maximum atomic E-state index is 13.7. The summed E-state index contributed by atoms with van der Waals surface area (Å²) < 4.78 is 13.7. The topological polar surface area (TPSA) is 69.7 Å². The molecule has 1 aliphatic rings. The Morgan fingerprint density at radius 3 is 3.09 bits per heavy atom. The van der Waals surface area contributed by atoms with Crippen LogP contribution in [0.2, 0.25) is 0 Å². The molecule has 4 rings (SSSR count). The van der Waals surface area contributed by atoms with Crippen molar-refractivity contribution in [2.45, 2.75) is 18.9 Å². The number of rotatable bonds is 4. The summed E-state index contributed by atoms with van der Waals surface area (Å²) in [7, 11) is 0. The van der Waals surface area contributed by atoms with Crippen molar-refractivity contribution in [3.05, 3.63) is 42.7 Å². The van der Waals surface area contributed by atoms with Crippen LogP contribution in [0.1, 0.15) is 12.8 Å². The number of nitrogens with one attached hydrogen (secondary N) is 2. The zero-order valence-corrected chi connectivity index (χ0v) is 12.5. The summed E-state index contributed by atoms with van der Waals surface area (Å²) in [4.78, 5) is 18.1. The molecule has 0 aliphatic carbocycles. The Labute approximate surface area is 132 Å². The van der Waals surface area contributed by atoms with Crippen molar-refractivity contribution in [1.29, 1.82) is 0 Å². The number of anilines is 2. The van der Waals surface area contributed by atoms with Crippen LogP contribution in [0.5, 0.6) is 0 Å². The second kappa shape index (κ2) is 5.83. The normalized spacial score (nSPS) is 17.8. The van der Waals surface area contributed by atoms with Gasteiger partial charge in [-0.3, -0.25) is 0 Å². The van der Waals surface area contributed by atoms with Gasteiger partial charge in [-0.25, -0.2) is 19.3 Å². The fraction of sp³-hybridized carbons (Fsp3) is 0.312. The lowest BCUT2D eigenvalue weighted by atomic mass is 10.2. The van der Waals surface area contributed by atoms with E-state index < -0.39 is 0 Å². The lowest BCUT2D eigenvalue weighted by Crippen LogP contribution is -2.35. The zero-order chi connectivity index (χ0) is 15.6. The van der Waals surface area contributed by atoms with E-state index >= 15 is 0 Å². The number of fused-ring (bicyclic) bond motifs is 1. The standard InChI is InChI=1S/C16H17FN6/c17-12-5-1-2-6-13(12)18-8-11-4-3-7-23(11)16-14-15(20-9-19-14)21-10-22-16/h1-2,5-6,9-11,18H,3-4,7-8H2,(H,19,20,21,22)/t11-/m1/s1. The van der Waals surface area contributed by atoms with Crippen LogP contribution in [-0.4, -0.2) is 39.1 Å². The van der Waals surface area contributed by atoms with E-state index in [9.17, 15) is 4.39 Å². The van der Waals surface area contributed by atoms with Crippen LogP contribution in [0.25, 0.3) is 11.2 Å². The molecule has 0 spiro atoms. The molecule has 1 saturated heterocycles. The molecule has 118 valence electrons. The van der Waals surface area contributed by atoms with E-state index in [0.717, 1.165) is 30.7 Å². The number of halogens is 1. The molecule has 1 aliphatic heterocycles. The summed E-state index contributed by atoms with van der Waals surface area (Å²) in [5, 5.41) is 3.21. The van der Waals surface area contributed by atoms with Gasteiger partial charge in [0.2, 0.25) is 0 Å². The van der Waals surface area contributed by atoms with Crippen molar-refractivity contribution in [1.82, 2.24) is 19.9 Å². The number of benzene rings is 1. The highest BCUT2D eigenvalue weighted by molar-refractivity contribution is 5.83. The van der Waals surface area contributed by atoms with Gasteiger partial charge >= 0.3 is 0 Å². The van der Waals surface area contributed by atoms with E-state index in [1.807, 2.05) is 6.07 Å². The summed E-state index contributed by atoms with van der Waals surface area (Å²) in [5.41, 5.74) is 2.06. The third kappa shape index (κ3) is 2.58. The predicted molar refractivity (Wildman–Crippen MR) is 86.9 cm³/mol. The van der Waals surface area contributed by atoms with Crippen molar-refractivity contribution < 1.29 is 4.39 Å². The van der Waals surface area contributed by atoms with Crippen LogP contribution in [-0.2, 0) is 0 Å². The Balaban J connectivity index is 1.55. The van der Waals surface area contributed by atoms with Gasteiger partial charge in [0.25, 0.3) is 0 Å². The van der Waals surface area contributed by atoms with E-state index in [2.05, 4.69) is 30.2 Å². The van der Waals surface area contributed by atoms with Crippen molar-refractivity contribution in [3.63, 3.8) is 0 Å². The Kier molecular flexibility index (Phi) is 3.53. The van der Waals surface area contributed by atoms with Crippen LogP contribution in [0.4, 0.5) is 15.9 Å². The van der Waals surface area contributed by atoms with Gasteiger partial charge < -0.3 is 15.2 Å². The minimum Gasteiger partial charge on any atom is -0.381 e. The van der Waals surface area contributed by atoms with Crippen molar-refractivity contribution in [3.8, 4) is 0 Å². The number of H-pyrrole nitrogens is 1. The minimum absolute atomic E-state index is 0.227. The molecule has 2 N–H and O–H groups in total. The van der Waals surface area contributed by atoms with Crippen LogP contribution < -0.4 is 10.2 Å². The van der Waals surface area contributed by atoms with Crippen LogP contribution >= 0.6 is 0 Å². The molecular weight excluding hydrogens is 295 g/mol. The summed E-state index contributed by atoms with van der Waals surface area (Å²) in [6.07, 6.45) is 5.30. The first-order chi connectivity index (χ1) is 11.3. The highest BCUT2D eigenvalue weighted by Gasteiger charge is 2.27. The SMILES string of the molecule is Fc1ccccc1NC[C@H]1CCCN1c1ncnc2nc[nH]c12. The van der Waals surface area contributed by atoms with Crippen molar-refractivity contribution in [2.75, 3.05) is 23.3 Å². The molecule has 0 saturated carbocycles. The lowest BCUT2D eigenvalue weighted by molar-refractivity contribution is 0.625. The van der Waals surface area contributed by atoms with E-state index in [0.29, 0.717) is 17.9 Å². The van der Waals surface area contributed by atoms with Crippen molar-refractivity contribution in [2.24, 2.45) is 0 Å². The Bertz CT molecular complexity index is 817.